The highest BCUT2D eigenvalue weighted by Crippen LogP contribution is 2.26. The van der Waals surface area contributed by atoms with Crippen LogP contribution in [0, 0.1) is 0 Å². The quantitative estimate of drug-likeness (QED) is 0.832. The van der Waals surface area contributed by atoms with E-state index in [0.717, 1.165) is 0 Å². The number of hydrogen-bond donors (Lipinski definition) is 2. The summed E-state index contributed by atoms with van der Waals surface area (Å²) in [7, 11) is 0. The van der Waals surface area contributed by atoms with Crippen molar-refractivity contribution >= 4 is 33.5 Å². The summed E-state index contributed by atoms with van der Waals surface area (Å²) in [5, 5.41) is 18.9. The molecule has 0 spiro atoms. The average Bonchev–Trinajstić information content (AvgIpc) is 2.16. The number of hydrogen-bond acceptors (Lipinski definition) is 2. The van der Waals surface area contributed by atoms with Gasteiger partial charge in [-0.2, -0.15) is 0 Å². The van der Waals surface area contributed by atoms with Crippen molar-refractivity contribution < 1.29 is 15.0 Å². The molecule has 5 heteroatoms. The minimum absolute atomic E-state index is 0.0876. The molecule has 0 saturated heterocycles. The van der Waals surface area contributed by atoms with Crippen LogP contribution in [0.15, 0.2) is 24.3 Å². The maximum atomic E-state index is 10.8. The van der Waals surface area contributed by atoms with Gasteiger partial charge in [-0.1, -0.05) is 39.7 Å². The van der Waals surface area contributed by atoms with Crippen molar-refractivity contribution in [2.45, 2.75) is 5.60 Å². The standard InChI is InChI=1S/C9H8BrClO3/c10-5-9(14,8(12)13)6-2-1-3-7(11)4-6/h1-4,14H,5H2,(H,12,13). The summed E-state index contributed by atoms with van der Waals surface area (Å²) < 4.78 is 0. The second kappa shape index (κ2) is 4.29. The van der Waals surface area contributed by atoms with Crippen LogP contribution in [0.1, 0.15) is 5.56 Å². The molecule has 0 heterocycles. The van der Waals surface area contributed by atoms with Crippen molar-refractivity contribution in [1.29, 1.82) is 0 Å². The van der Waals surface area contributed by atoms with Gasteiger partial charge >= 0.3 is 5.97 Å². The molecule has 2 N–H and O–H groups in total. The van der Waals surface area contributed by atoms with E-state index in [9.17, 15) is 9.90 Å². The van der Waals surface area contributed by atoms with Crippen LogP contribution in [0.5, 0.6) is 0 Å². The summed E-state index contributed by atoms with van der Waals surface area (Å²) >= 11 is 8.65. The van der Waals surface area contributed by atoms with E-state index in [1.54, 1.807) is 12.1 Å². The predicted molar refractivity (Wildman–Crippen MR) is 56.8 cm³/mol. The third-order valence-electron chi connectivity index (χ3n) is 1.85. The van der Waals surface area contributed by atoms with Gasteiger partial charge in [0.1, 0.15) is 0 Å². The van der Waals surface area contributed by atoms with E-state index in [1.807, 2.05) is 0 Å². The molecule has 1 aromatic carbocycles. The van der Waals surface area contributed by atoms with Crippen LogP contribution < -0.4 is 0 Å². The fourth-order valence-corrected chi connectivity index (χ4v) is 1.76. The monoisotopic (exact) mass is 278 g/mol. The lowest BCUT2D eigenvalue weighted by Crippen LogP contribution is -2.37. The van der Waals surface area contributed by atoms with Crippen LogP contribution >= 0.6 is 27.5 Å². The Hall–Kier alpha value is -0.580. The number of aliphatic hydroxyl groups is 1. The summed E-state index contributed by atoms with van der Waals surface area (Å²) in [5.74, 6) is -1.31. The Morgan fingerprint density at radius 1 is 1.57 bits per heavy atom. The minimum atomic E-state index is -1.93. The van der Waals surface area contributed by atoms with Crippen molar-refractivity contribution in [3.8, 4) is 0 Å². The molecule has 14 heavy (non-hydrogen) atoms. The maximum Gasteiger partial charge on any atom is 0.341 e. The number of rotatable bonds is 3. The zero-order valence-corrected chi connectivity index (χ0v) is 9.42. The molecule has 0 aliphatic rings. The molecular weight excluding hydrogens is 271 g/mol. The number of carboxylic acids is 1. The van der Waals surface area contributed by atoms with Gasteiger partial charge in [-0.05, 0) is 17.7 Å². The topological polar surface area (TPSA) is 57.5 Å². The van der Waals surface area contributed by atoms with Gasteiger partial charge in [0.25, 0.3) is 0 Å². The lowest BCUT2D eigenvalue weighted by Gasteiger charge is -2.21. The van der Waals surface area contributed by atoms with E-state index >= 15 is 0 Å². The summed E-state index contributed by atoms with van der Waals surface area (Å²) in [6.07, 6.45) is 0. The fourth-order valence-electron chi connectivity index (χ4n) is 1.00. The van der Waals surface area contributed by atoms with Crippen LogP contribution in [-0.4, -0.2) is 21.5 Å². The second-order valence-corrected chi connectivity index (χ2v) is 3.81. The van der Waals surface area contributed by atoms with Crippen molar-refractivity contribution in [2.75, 3.05) is 5.33 Å². The van der Waals surface area contributed by atoms with E-state index in [-0.39, 0.29) is 10.9 Å². The van der Waals surface area contributed by atoms with Gasteiger partial charge < -0.3 is 10.2 Å². The summed E-state index contributed by atoms with van der Waals surface area (Å²) in [4.78, 5) is 10.8. The Morgan fingerprint density at radius 2 is 2.21 bits per heavy atom. The van der Waals surface area contributed by atoms with Crippen molar-refractivity contribution in [2.24, 2.45) is 0 Å². The Labute approximate surface area is 94.4 Å². The first-order valence-electron chi connectivity index (χ1n) is 3.78. The van der Waals surface area contributed by atoms with Crippen molar-refractivity contribution in [1.82, 2.24) is 0 Å². The van der Waals surface area contributed by atoms with E-state index in [2.05, 4.69) is 15.9 Å². The van der Waals surface area contributed by atoms with Crippen LogP contribution in [0.4, 0.5) is 0 Å². The molecule has 1 unspecified atom stereocenters. The highest BCUT2D eigenvalue weighted by atomic mass is 79.9. The molecule has 0 fully saturated rings. The molecule has 3 nitrogen and oxygen atoms in total. The van der Waals surface area contributed by atoms with Crippen LogP contribution in [0.2, 0.25) is 5.02 Å². The van der Waals surface area contributed by atoms with E-state index in [0.29, 0.717) is 5.02 Å². The first-order chi connectivity index (χ1) is 6.50. The van der Waals surface area contributed by atoms with Gasteiger partial charge in [-0.3, -0.25) is 0 Å². The van der Waals surface area contributed by atoms with Crippen molar-refractivity contribution in [3.05, 3.63) is 34.9 Å². The highest BCUT2D eigenvalue weighted by Gasteiger charge is 2.36. The molecule has 0 aliphatic carbocycles. The van der Waals surface area contributed by atoms with Crippen molar-refractivity contribution in [3.63, 3.8) is 0 Å². The molecular formula is C9H8BrClO3. The van der Waals surface area contributed by atoms with E-state index < -0.39 is 11.6 Å². The van der Waals surface area contributed by atoms with E-state index in [1.165, 1.54) is 12.1 Å². The van der Waals surface area contributed by atoms with Crippen LogP contribution in [0.25, 0.3) is 0 Å². The Morgan fingerprint density at radius 3 is 2.64 bits per heavy atom. The molecule has 0 bridgehead atoms. The largest absolute Gasteiger partial charge is 0.479 e. The number of aliphatic carboxylic acids is 1. The van der Waals surface area contributed by atoms with Crippen LogP contribution in [-0.2, 0) is 10.4 Å². The van der Waals surface area contributed by atoms with Crippen LogP contribution in [0.3, 0.4) is 0 Å². The molecule has 0 aliphatic heterocycles. The number of carbonyl (C=O) groups is 1. The second-order valence-electron chi connectivity index (χ2n) is 2.81. The lowest BCUT2D eigenvalue weighted by molar-refractivity contribution is -0.156. The Kier molecular flexibility index (Phi) is 3.53. The third-order valence-corrected chi connectivity index (χ3v) is 2.90. The van der Waals surface area contributed by atoms with Gasteiger partial charge in [-0.15, -0.1) is 0 Å². The number of alkyl halides is 1. The van der Waals surface area contributed by atoms with Gasteiger partial charge in [0.05, 0.1) is 0 Å². The molecule has 0 saturated carbocycles. The first-order valence-corrected chi connectivity index (χ1v) is 5.28. The number of carboxylic acid groups (broad SMARTS) is 1. The maximum absolute atomic E-state index is 10.8. The summed E-state index contributed by atoms with van der Waals surface area (Å²) in [6.45, 7) is 0. The van der Waals surface area contributed by atoms with Gasteiger partial charge in [0.2, 0.25) is 0 Å². The zero-order chi connectivity index (χ0) is 10.8. The fraction of sp³-hybridized carbons (Fsp3) is 0.222. The lowest BCUT2D eigenvalue weighted by atomic mass is 9.96. The smallest absolute Gasteiger partial charge is 0.341 e. The normalized spacial score (nSPS) is 14.8. The molecule has 0 aromatic heterocycles. The molecule has 0 amide bonds. The number of halogens is 2. The highest BCUT2D eigenvalue weighted by molar-refractivity contribution is 9.09. The first kappa shape index (κ1) is 11.5. The summed E-state index contributed by atoms with van der Waals surface area (Å²) in [5.41, 5.74) is -1.67. The number of benzene rings is 1. The molecule has 1 atom stereocenters. The zero-order valence-electron chi connectivity index (χ0n) is 7.08. The van der Waals surface area contributed by atoms with Gasteiger partial charge in [-0.25, -0.2) is 4.79 Å². The summed E-state index contributed by atoms with van der Waals surface area (Å²) in [6, 6.07) is 6.15. The van der Waals surface area contributed by atoms with Gasteiger partial charge in [0, 0.05) is 10.4 Å². The molecule has 0 radical (unpaired) electrons. The molecule has 1 rings (SSSR count). The molecule has 1 aromatic rings. The van der Waals surface area contributed by atoms with Gasteiger partial charge in [0.15, 0.2) is 5.60 Å². The van der Waals surface area contributed by atoms with E-state index in [4.69, 9.17) is 16.7 Å². The Balaban J connectivity index is 3.19. The third kappa shape index (κ3) is 2.08. The predicted octanol–water partition coefficient (Wildman–Crippen LogP) is 2.01. The Bertz CT molecular complexity index is 356. The minimum Gasteiger partial charge on any atom is -0.479 e. The average molecular weight is 280 g/mol. The molecule has 76 valence electrons. The SMILES string of the molecule is O=C(O)C(O)(CBr)c1cccc(Cl)c1.